The molecular weight excluding hydrogens is 364 g/mol. The number of hydrogen-bond donors (Lipinski definition) is 2. The molecule has 0 radical (unpaired) electrons. The maximum Gasteiger partial charge on any atom is 0.236 e. The number of benzene rings is 1. The van der Waals surface area contributed by atoms with E-state index in [1.54, 1.807) is 7.05 Å². The van der Waals surface area contributed by atoms with Gasteiger partial charge in [0, 0.05) is 39.3 Å². The molecule has 1 aromatic rings. The number of nitrogens with zero attached hydrogens (tertiary/aromatic N) is 2. The van der Waals surface area contributed by atoms with E-state index in [1.165, 1.54) is 11.1 Å². The molecule has 2 N–H and O–H groups in total. The first-order valence-corrected chi connectivity index (χ1v) is 10.8. The standard InChI is InChI=1S/C23H38N4O2/c1-17(2)14-19-6-8-20(9-7-19)23(18(3)4)25-15-22(29)27-12-10-26(11-13-27)16-21(28)24-5/h6-9,17-18,23,25H,10-16H2,1-5H3,(H,24,28)/t23-/m0/s1. The fourth-order valence-electron chi connectivity index (χ4n) is 3.82. The van der Waals surface area contributed by atoms with Gasteiger partial charge < -0.3 is 15.5 Å². The number of amides is 2. The van der Waals surface area contributed by atoms with Crippen LogP contribution < -0.4 is 10.6 Å². The first-order valence-electron chi connectivity index (χ1n) is 10.8. The van der Waals surface area contributed by atoms with Gasteiger partial charge in [-0.05, 0) is 29.4 Å². The van der Waals surface area contributed by atoms with Crippen LogP contribution in [-0.2, 0) is 16.0 Å². The first-order chi connectivity index (χ1) is 13.8. The van der Waals surface area contributed by atoms with Gasteiger partial charge in [0.25, 0.3) is 0 Å². The number of hydrogen-bond acceptors (Lipinski definition) is 4. The van der Waals surface area contributed by atoms with Crippen LogP contribution in [0.25, 0.3) is 0 Å². The van der Waals surface area contributed by atoms with Crippen molar-refractivity contribution in [3.8, 4) is 0 Å². The van der Waals surface area contributed by atoms with Crippen molar-refractivity contribution in [2.45, 2.75) is 40.2 Å². The topological polar surface area (TPSA) is 64.7 Å². The molecule has 0 bridgehead atoms. The zero-order valence-corrected chi connectivity index (χ0v) is 18.7. The van der Waals surface area contributed by atoms with Crippen molar-refractivity contribution >= 4 is 11.8 Å². The van der Waals surface area contributed by atoms with Crippen LogP contribution in [0.5, 0.6) is 0 Å². The monoisotopic (exact) mass is 402 g/mol. The number of nitrogens with one attached hydrogen (secondary N) is 2. The van der Waals surface area contributed by atoms with Crippen molar-refractivity contribution in [3.05, 3.63) is 35.4 Å². The summed E-state index contributed by atoms with van der Waals surface area (Å²) in [5, 5.41) is 6.12. The highest BCUT2D eigenvalue weighted by molar-refractivity contribution is 5.79. The summed E-state index contributed by atoms with van der Waals surface area (Å²) in [6.45, 7) is 12.4. The molecule has 0 unspecified atom stereocenters. The minimum absolute atomic E-state index is 0.0191. The van der Waals surface area contributed by atoms with Gasteiger partial charge >= 0.3 is 0 Å². The Morgan fingerprint density at radius 1 is 1.00 bits per heavy atom. The summed E-state index contributed by atoms with van der Waals surface area (Å²) in [4.78, 5) is 28.2. The Hall–Kier alpha value is -1.92. The Bertz CT molecular complexity index is 649. The number of carbonyl (C=O) groups is 2. The maximum absolute atomic E-state index is 12.7. The Labute approximate surface area is 176 Å². The zero-order chi connectivity index (χ0) is 21.4. The maximum atomic E-state index is 12.7. The Morgan fingerprint density at radius 3 is 2.14 bits per heavy atom. The van der Waals surface area contributed by atoms with E-state index < -0.39 is 0 Å². The molecule has 1 fully saturated rings. The van der Waals surface area contributed by atoms with Gasteiger partial charge in [0.1, 0.15) is 0 Å². The molecule has 1 atom stereocenters. The van der Waals surface area contributed by atoms with Gasteiger partial charge in [-0.3, -0.25) is 14.5 Å². The number of carbonyl (C=O) groups excluding carboxylic acids is 2. The SMILES string of the molecule is CNC(=O)CN1CCN(C(=O)CN[C@H](c2ccc(CC(C)C)cc2)C(C)C)CC1. The molecule has 6 heteroatoms. The van der Waals surface area contributed by atoms with Crippen LogP contribution in [0.2, 0.25) is 0 Å². The second kappa shape index (κ2) is 11.3. The van der Waals surface area contributed by atoms with Gasteiger partial charge in [-0.2, -0.15) is 0 Å². The van der Waals surface area contributed by atoms with Crippen LogP contribution in [-0.4, -0.2) is 67.9 Å². The summed E-state index contributed by atoms with van der Waals surface area (Å²) in [7, 11) is 1.65. The van der Waals surface area contributed by atoms with Crippen molar-refractivity contribution in [2.75, 3.05) is 46.3 Å². The van der Waals surface area contributed by atoms with Gasteiger partial charge in [-0.25, -0.2) is 0 Å². The Morgan fingerprint density at radius 2 is 1.62 bits per heavy atom. The minimum atomic E-state index is 0.0191. The van der Waals surface area contributed by atoms with Gasteiger partial charge in [0.15, 0.2) is 0 Å². The molecule has 162 valence electrons. The lowest BCUT2D eigenvalue weighted by molar-refractivity contribution is -0.132. The smallest absolute Gasteiger partial charge is 0.236 e. The lowest BCUT2D eigenvalue weighted by atomic mass is 9.93. The molecule has 0 aliphatic carbocycles. The molecular formula is C23H38N4O2. The molecule has 1 aromatic carbocycles. The second-order valence-corrected chi connectivity index (χ2v) is 8.77. The third-order valence-electron chi connectivity index (χ3n) is 5.49. The summed E-state index contributed by atoms with van der Waals surface area (Å²) in [5.74, 6) is 1.19. The molecule has 2 amide bonds. The summed E-state index contributed by atoms with van der Waals surface area (Å²) in [5.41, 5.74) is 2.59. The molecule has 1 aliphatic heterocycles. The number of rotatable bonds is 9. The molecule has 6 nitrogen and oxygen atoms in total. The largest absolute Gasteiger partial charge is 0.358 e. The predicted octanol–water partition coefficient (Wildman–Crippen LogP) is 2.06. The van der Waals surface area contributed by atoms with Crippen molar-refractivity contribution < 1.29 is 9.59 Å². The average molecular weight is 403 g/mol. The highest BCUT2D eigenvalue weighted by Crippen LogP contribution is 2.22. The second-order valence-electron chi connectivity index (χ2n) is 8.77. The first kappa shape index (κ1) is 23.4. The molecule has 29 heavy (non-hydrogen) atoms. The van der Waals surface area contributed by atoms with Crippen molar-refractivity contribution in [2.24, 2.45) is 11.8 Å². The van der Waals surface area contributed by atoms with Crippen LogP contribution in [0.1, 0.15) is 44.9 Å². The van der Waals surface area contributed by atoms with E-state index in [2.05, 4.69) is 67.5 Å². The van der Waals surface area contributed by atoms with Crippen LogP contribution in [0.3, 0.4) is 0 Å². The summed E-state index contributed by atoms with van der Waals surface area (Å²) in [6.07, 6.45) is 1.09. The Balaban J connectivity index is 1.86. The van der Waals surface area contributed by atoms with Crippen LogP contribution in [0.15, 0.2) is 24.3 Å². The molecule has 1 aliphatic rings. The van der Waals surface area contributed by atoms with Gasteiger partial charge in [-0.15, -0.1) is 0 Å². The molecule has 2 rings (SSSR count). The van der Waals surface area contributed by atoms with Crippen molar-refractivity contribution in [1.82, 2.24) is 20.4 Å². The minimum Gasteiger partial charge on any atom is -0.358 e. The summed E-state index contributed by atoms with van der Waals surface area (Å²) < 4.78 is 0. The van der Waals surface area contributed by atoms with E-state index in [4.69, 9.17) is 0 Å². The quantitative estimate of drug-likeness (QED) is 0.664. The van der Waals surface area contributed by atoms with Gasteiger partial charge in [0.2, 0.25) is 11.8 Å². The lowest BCUT2D eigenvalue weighted by Crippen LogP contribution is -2.52. The molecule has 0 spiro atoms. The van der Waals surface area contributed by atoms with E-state index in [1.807, 2.05) is 4.90 Å². The van der Waals surface area contributed by atoms with Gasteiger partial charge in [-0.1, -0.05) is 52.0 Å². The van der Waals surface area contributed by atoms with Crippen LogP contribution >= 0.6 is 0 Å². The van der Waals surface area contributed by atoms with E-state index in [-0.39, 0.29) is 17.9 Å². The third kappa shape index (κ3) is 7.44. The average Bonchev–Trinajstić information content (AvgIpc) is 2.69. The zero-order valence-electron chi connectivity index (χ0n) is 18.7. The molecule has 0 saturated carbocycles. The summed E-state index contributed by atoms with van der Waals surface area (Å²) in [6, 6.07) is 8.95. The highest BCUT2D eigenvalue weighted by Gasteiger charge is 2.23. The molecule has 1 saturated heterocycles. The van der Waals surface area contributed by atoms with Crippen molar-refractivity contribution in [1.29, 1.82) is 0 Å². The lowest BCUT2D eigenvalue weighted by Gasteiger charge is -2.34. The van der Waals surface area contributed by atoms with Crippen molar-refractivity contribution in [3.63, 3.8) is 0 Å². The molecule has 1 heterocycles. The fourth-order valence-corrected chi connectivity index (χ4v) is 3.82. The van der Waals surface area contributed by atoms with Crippen LogP contribution in [0, 0.1) is 11.8 Å². The predicted molar refractivity (Wildman–Crippen MR) is 118 cm³/mol. The number of likely N-dealkylation sites (N-methyl/N-ethyl adjacent to an activating group) is 1. The van der Waals surface area contributed by atoms with E-state index in [9.17, 15) is 9.59 Å². The van der Waals surface area contributed by atoms with Crippen LogP contribution in [0.4, 0.5) is 0 Å². The normalized spacial score (nSPS) is 16.3. The van der Waals surface area contributed by atoms with E-state index in [0.29, 0.717) is 38.0 Å². The fraction of sp³-hybridized carbons (Fsp3) is 0.652. The van der Waals surface area contributed by atoms with E-state index >= 15 is 0 Å². The summed E-state index contributed by atoms with van der Waals surface area (Å²) >= 11 is 0. The van der Waals surface area contributed by atoms with E-state index in [0.717, 1.165) is 19.5 Å². The molecule has 0 aromatic heterocycles. The third-order valence-corrected chi connectivity index (χ3v) is 5.49. The highest BCUT2D eigenvalue weighted by atomic mass is 16.2. The Kier molecular flexibility index (Phi) is 9.11. The van der Waals surface area contributed by atoms with Gasteiger partial charge in [0.05, 0.1) is 13.1 Å². The number of piperazine rings is 1.